The zero-order valence-electron chi connectivity index (χ0n) is 12.0. The van der Waals surface area contributed by atoms with Crippen LogP contribution in [0.1, 0.15) is 35.4 Å². The summed E-state index contributed by atoms with van der Waals surface area (Å²) in [7, 11) is 0. The molecule has 0 saturated heterocycles. The minimum atomic E-state index is 0.570. The second-order valence-corrected chi connectivity index (χ2v) is 6.29. The predicted octanol–water partition coefficient (Wildman–Crippen LogP) is 5.31. The van der Waals surface area contributed by atoms with Crippen LogP contribution in [0.3, 0.4) is 0 Å². The van der Waals surface area contributed by atoms with E-state index >= 15 is 0 Å². The Kier molecular flexibility index (Phi) is 3.71. The molecule has 0 aromatic heterocycles. The molecular weight excluding hydrogens is 266 g/mol. The smallest absolute Gasteiger partial charge is 0.0455 e. The van der Waals surface area contributed by atoms with Crippen LogP contribution in [0.4, 0.5) is 5.69 Å². The lowest BCUT2D eigenvalue weighted by Gasteiger charge is -2.37. The lowest BCUT2D eigenvalue weighted by molar-refractivity contribution is 0.374. The fourth-order valence-electron chi connectivity index (χ4n) is 2.76. The van der Waals surface area contributed by atoms with E-state index in [0.717, 1.165) is 16.3 Å². The van der Waals surface area contributed by atoms with Crippen molar-refractivity contribution in [3.8, 4) is 0 Å². The fourth-order valence-corrected chi connectivity index (χ4v) is 2.95. The monoisotopic (exact) mass is 285 g/mol. The van der Waals surface area contributed by atoms with Crippen molar-refractivity contribution in [3.05, 3.63) is 64.2 Å². The summed E-state index contributed by atoms with van der Waals surface area (Å²) in [4.78, 5) is 0. The molecule has 1 saturated carbocycles. The lowest BCUT2D eigenvalue weighted by atomic mass is 9.75. The highest BCUT2D eigenvalue weighted by molar-refractivity contribution is 6.31. The number of benzene rings is 2. The largest absolute Gasteiger partial charge is 0.382 e. The van der Waals surface area contributed by atoms with Gasteiger partial charge in [-0.2, -0.15) is 0 Å². The first-order valence-electron chi connectivity index (χ1n) is 7.21. The van der Waals surface area contributed by atoms with Gasteiger partial charge in [0.25, 0.3) is 0 Å². The molecule has 0 radical (unpaired) electrons. The molecule has 1 nitrogen and oxygen atoms in total. The van der Waals surface area contributed by atoms with Crippen LogP contribution in [0.2, 0.25) is 5.02 Å². The molecule has 0 unspecified atom stereocenters. The maximum atomic E-state index is 6.16. The van der Waals surface area contributed by atoms with Gasteiger partial charge in [0.1, 0.15) is 0 Å². The van der Waals surface area contributed by atoms with Crippen molar-refractivity contribution in [2.24, 2.45) is 0 Å². The van der Waals surface area contributed by atoms with Crippen molar-refractivity contribution in [1.29, 1.82) is 0 Å². The van der Waals surface area contributed by atoms with E-state index in [2.05, 4.69) is 48.6 Å². The SMILES string of the molecule is Cc1ccc(C2CC(Nc3ccc(C)c(Cl)c3)C2)cc1. The third kappa shape index (κ3) is 2.83. The molecule has 3 rings (SSSR count). The molecular formula is C18H20ClN. The van der Waals surface area contributed by atoms with E-state index in [1.54, 1.807) is 0 Å². The quantitative estimate of drug-likeness (QED) is 0.805. The highest BCUT2D eigenvalue weighted by Crippen LogP contribution is 2.38. The van der Waals surface area contributed by atoms with Gasteiger partial charge in [0.05, 0.1) is 0 Å². The van der Waals surface area contributed by atoms with Gasteiger partial charge in [-0.1, -0.05) is 47.5 Å². The number of halogens is 1. The highest BCUT2D eigenvalue weighted by atomic mass is 35.5. The van der Waals surface area contributed by atoms with Gasteiger partial charge < -0.3 is 5.32 Å². The van der Waals surface area contributed by atoms with Crippen molar-refractivity contribution in [2.75, 3.05) is 5.32 Å². The van der Waals surface area contributed by atoms with Crippen LogP contribution >= 0.6 is 11.6 Å². The summed E-state index contributed by atoms with van der Waals surface area (Å²) in [6, 6.07) is 15.7. The van der Waals surface area contributed by atoms with Crippen LogP contribution in [-0.4, -0.2) is 6.04 Å². The Labute approximate surface area is 126 Å². The first-order chi connectivity index (χ1) is 9.61. The fraction of sp³-hybridized carbons (Fsp3) is 0.333. The van der Waals surface area contributed by atoms with E-state index in [0.29, 0.717) is 12.0 Å². The van der Waals surface area contributed by atoms with Gasteiger partial charge in [-0.25, -0.2) is 0 Å². The number of rotatable bonds is 3. The van der Waals surface area contributed by atoms with E-state index in [4.69, 9.17) is 11.6 Å². The molecule has 0 amide bonds. The first-order valence-corrected chi connectivity index (χ1v) is 7.59. The Morgan fingerprint density at radius 2 is 1.70 bits per heavy atom. The molecule has 104 valence electrons. The third-order valence-corrected chi connectivity index (χ3v) is 4.64. The van der Waals surface area contributed by atoms with Crippen LogP contribution in [0.15, 0.2) is 42.5 Å². The molecule has 0 heterocycles. The van der Waals surface area contributed by atoms with Crippen molar-refractivity contribution in [1.82, 2.24) is 0 Å². The van der Waals surface area contributed by atoms with Crippen molar-refractivity contribution in [2.45, 2.75) is 38.6 Å². The number of aryl methyl sites for hydroxylation is 2. The Balaban J connectivity index is 1.58. The molecule has 1 aliphatic carbocycles. The molecule has 2 heteroatoms. The minimum absolute atomic E-state index is 0.570. The molecule has 0 bridgehead atoms. The molecule has 0 aliphatic heterocycles. The number of hydrogen-bond acceptors (Lipinski definition) is 1. The van der Waals surface area contributed by atoms with Crippen molar-refractivity contribution < 1.29 is 0 Å². The zero-order chi connectivity index (χ0) is 14.1. The maximum Gasteiger partial charge on any atom is 0.0455 e. The summed E-state index contributed by atoms with van der Waals surface area (Å²) in [6.07, 6.45) is 2.41. The molecule has 20 heavy (non-hydrogen) atoms. The Morgan fingerprint density at radius 1 is 1.00 bits per heavy atom. The Hall–Kier alpha value is -1.47. The summed E-state index contributed by atoms with van der Waals surface area (Å²) < 4.78 is 0. The van der Waals surface area contributed by atoms with Crippen molar-refractivity contribution in [3.63, 3.8) is 0 Å². The molecule has 1 aliphatic rings. The van der Waals surface area contributed by atoms with Crippen LogP contribution < -0.4 is 5.32 Å². The summed E-state index contributed by atoms with van der Waals surface area (Å²) in [5, 5.41) is 4.41. The van der Waals surface area contributed by atoms with Crippen LogP contribution in [0.25, 0.3) is 0 Å². The van der Waals surface area contributed by atoms with E-state index in [1.807, 2.05) is 13.0 Å². The van der Waals surface area contributed by atoms with E-state index in [-0.39, 0.29) is 0 Å². The summed E-state index contributed by atoms with van der Waals surface area (Å²) in [6.45, 7) is 4.17. The summed E-state index contributed by atoms with van der Waals surface area (Å²) in [5.74, 6) is 0.703. The van der Waals surface area contributed by atoms with E-state index < -0.39 is 0 Å². The van der Waals surface area contributed by atoms with Crippen LogP contribution in [0, 0.1) is 13.8 Å². The zero-order valence-corrected chi connectivity index (χ0v) is 12.7. The van der Waals surface area contributed by atoms with E-state index in [9.17, 15) is 0 Å². The van der Waals surface area contributed by atoms with Crippen LogP contribution in [-0.2, 0) is 0 Å². The molecule has 1 N–H and O–H groups in total. The number of nitrogens with one attached hydrogen (secondary N) is 1. The molecule has 0 atom stereocenters. The first kappa shape index (κ1) is 13.5. The summed E-state index contributed by atoms with van der Waals surface area (Å²) in [5.41, 5.74) is 5.06. The molecule has 2 aromatic rings. The Morgan fingerprint density at radius 3 is 2.35 bits per heavy atom. The molecule has 1 fully saturated rings. The van der Waals surface area contributed by atoms with Gasteiger partial charge in [-0.15, -0.1) is 0 Å². The maximum absolute atomic E-state index is 6.16. The second-order valence-electron chi connectivity index (χ2n) is 5.88. The van der Waals surface area contributed by atoms with E-state index in [1.165, 1.54) is 24.0 Å². The van der Waals surface area contributed by atoms with Crippen molar-refractivity contribution >= 4 is 17.3 Å². The average molecular weight is 286 g/mol. The predicted molar refractivity (Wildman–Crippen MR) is 86.8 cm³/mol. The normalized spacial score (nSPS) is 21.4. The minimum Gasteiger partial charge on any atom is -0.382 e. The van der Waals surface area contributed by atoms with Gasteiger partial charge in [0.15, 0.2) is 0 Å². The van der Waals surface area contributed by atoms with Gasteiger partial charge in [-0.3, -0.25) is 0 Å². The average Bonchev–Trinajstić information content (AvgIpc) is 2.39. The number of anilines is 1. The standard InChI is InChI=1S/C18H20ClN/c1-12-3-6-14(7-4-12)15-9-17(10-15)20-16-8-5-13(2)18(19)11-16/h3-8,11,15,17,20H,9-10H2,1-2H3. The Bertz CT molecular complexity index is 597. The van der Waals surface area contributed by atoms with Crippen LogP contribution in [0.5, 0.6) is 0 Å². The van der Waals surface area contributed by atoms with Gasteiger partial charge in [0.2, 0.25) is 0 Å². The van der Waals surface area contributed by atoms with Gasteiger partial charge in [0, 0.05) is 16.8 Å². The van der Waals surface area contributed by atoms with Gasteiger partial charge in [-0.05, 0) is 55.9 Å². The molecule has 0 spiro atoms. The highest BCUT2D eigenvalue weighted by Gasteiger charge is 2.30. The number of hydrogen-bond donors (Lipinski definition) is 1. The van der Waals surface area contributed by atoms with Gasteiger partial charge >= 0.3 is 0 Å². The molecule has 2 aromatic carbocycles. The lowest BCUT2D eigenvalue weighted by Crippen LogP contribution is -2.33. The second kappa shape index (κ2) is 5.49. The summed E-state index contributed by atoms with van der Waals surface area (Å²) >= 11 is 6.16. The topological polar surface area (TPSA) is 12.0 Å². The third-order valence-electron chi connectivity index (χ3n) is 4.23.